The first-order valence-corrected chi connectivity index (χ1v) is 9.85. The number of nitrogens with zero attached hydrogens (tertiary/aromatic N) is 1. The smallest absolute Gasteiger partial charge is 0.240 e. The van der Waals surface area contributed by atoms with Gasteiger partial charge >= 0.3 is 0 Å². The highest BCUT2D eigenvalue weighted by Gasteiger charge is 2.21. The lowest BCUT2D eigenvalue weighted by Crippen LogP contribution is -2.40. The quantitative estimate of drug-likeness (QED) is 0.761. The lowest BCUT2D eigenvalue weighted by atomic mass is 9.92. The summed E-state index contributed by atoms with van der Waals surface area (Å²) < 4.78 is 45.4. The molecule has 1 fully saturated rings. The van der Waals surface area contributed by atoms with Crippen LogP contribution in [0.2, 0.25) is 0 Å². The van der Waals surface area contributed by atoms with E-state index < -0.39 is 15.8 Å². The van der Waals surface area contributed by atoms with Crippen LogP contribution in [-0.2, 0) is 10.0 Å². The maximum Gasteiger partial charge on any atom is 0.240 e. The van der Waals surface area contributed by atoms with Crippen molar-refractivity contribution in [1.29, 1.82) is 0 Å². The molecule has 7 heteroatoms. The number of hydrogen-bond acceptors (Lipinski definition) is 4. The Morgan fingerprint density at radius 1 is 1.29 bits per heavy atom. The molecule has 0 radical (unpaired) electrons. The summed E-state index contributed by atoms with van der Waals surface area (Å²) in [6.07, 6.45) is 1.99. The minimum Gasteiger partial charge on any atom is -0.494 e. The lowest BCUT2D eigenvalue weighted by molar-refractivity contribution is 0.140. The van der Waals surface area contributed by atoms with Crippen molar-refractivity contribution < 1.29 is 17.5 Å². The monoisotopic (exact) mass is 358 g/mol. The van der Waals surface area contributed by atoms with Crippen LogP contribution in [0.1, 0.15) is 26.7 Å². The molecule has 1 aromatic carbocycles. The van der Waals surface area contributed by atoms with Crippen LogP contribution in [0.5, 0.6) is 5.75 Å². The first kappa shape index (κ1) is 19.1. The minimum atomic E-state index is -3.70. The van der Waals surface area contributed by atoms with Crippen LogP contribution in [0.15, 0.2) is 23.1 Å². The molecular formula is C17H27FN2O3S. The van der Waals surface area contributed by atoms with Gasteiger partial charge in [-0.3, -0.25) is 0 Å². The second kappa shape index (κ2) is 8.27. The largest absolute Gasteiger partial charge is 0.494 e. The standard InChI is InChI=1S/C17H27FN2O3S/c1-13-9-14(2)12-20(11-13)8-4-7-19-24(21,22)15-5-6-17(23-3)16(18)10-15/h5-6,10,13-14,19H,4,7-9,11-12H2,1-3H3/t13-,14+. The average Bonchev–Trinajstić information content (AvgIpc) is 2.50. The van der Waals surface area contributed by atoms with Gasteiger partial charge in [-0.1, -0.05) is 13.8 Å². The van der Waals surface area contributed by atoms with Gasteiger partial charge in [0.15, 0.2) is 11.6 Å². The third-order valence-corrected chi connectivity index (χ3v) is 5.78. The zero-order valence-corrected chi connectivity index (χ0v) is 15.4. The summed E-state index contributed by atoms with van der Waals surface area (Å²) in [5.74, 6) is 0.722. The third-order valence-electron chi connectivity index (χ3n) is 4.32. The fourth-order valence-electron chi connectivity index (χ4n) is 3.38. The highest BCUT2D eigenvalue weighted by Crippen LogP contribution is 2.21. The predicted molar refractivity (Wildman–Crippen MR) is 92.1 cm³/mol. The van der Waals surface area contributed by atoms with Crippen molar-refractivity contribution in [2.75, 3.05) is 33.3 Å². The molecule has 24 heavy (non-hydrogen) atoms. The maximum atomic E-state index is 13.7. The molecule has 5 nitrogen and oxygen atoms in total. The minimum absolute atomic E-state index is 0.0299. The molecule has 1 saturated heterocycles. The summed E-state index contributed by atoms with van der Waals surface area (Å²) in [5.41, 5.74) is 0. The van der Waals surface area contributed by atoms with Crippen molar-refractivity contribution in [3.8, 4) is 5.75 Å². The van der Waals surface area contributed by atoms with Gasteiger partial charge in [-0.25, -0.2) is 17.5 Å². The number of benzene rings is 1. The van der Waals surface area contributed by atoms with Crippen LogP contribution in [0.3, 0.4) is 0 Å². The second-order valence-corrected chi connectivity index (χ2v) is 8.52. The number of likely N-dealkylation sites (tertiary alicyclic amines) is 1. The molecule has 1 aliphatic rings. The molecule has 0 aromatic heterocycles. The molecule has 0 amide bonds. The Balaban J connectivity index is 1.83. The van der Waals surface area contributed by atoms with Crippen molar-refractivity contribution in [3.63, 3.8) is 0 Å². The van der Waals surface area contributed by atoms with E-state index in [1.54, 1.807) is 0 Å². The van der Waals surface area contributed by atoms with Crippen LogP contribution in [0.25, 0.3) is 0 Å². The molecule has 1 heterocycles. The summed E-state index contributed by atoms with van der Waals surface area (Å²) in [6.45, 7) is 7.86. The lowest BCUT2D eigenvalue weighted by Gasteiger charge is -2.34. The van der Waals surface area contributed by atoms with Crippen molar-refractivity contribution in [2.45, 2.75) is 31.6 Å². The van der Waals surface area contributed by atoms with E-state index in [0.29, 0.717) is 18.4 Å². The fraction of sp³-hybridized carbons (Fsp3) is 0.647. The van der Waals surface area contributed by atoms with E-state index in [2.05, 4.69) is 23.5 Å². The van der Waals surface area contributed by atoms with Crippen molar-refractivity contribution in [3.05, 3.63) is 24.0 Å². The van der Waals surface area contributed by atoms with Crippen LogP contribution in [-0.4, -0.2) is 46.6 Å². The number of rotatable bonds is 7. The number of piperidine rings is 1. The Bertz CT molecular complexity index is 641. The first-order valence-electron chi connectivity index (χ1n) is 8.37. The zero-order chi connectivity index (χ0) is 17.7. The van der Waals surface area contributed by atoms with Gasteiger partial charge in [0.1, 0.15) is 0 Å². The van der Waals surface area contributed by atoms with E-state index in [1.165, 1.54) is 25.7 Å². The molecule has 1 aliphatic heterocycles. The molecule has 0 spiro atoms. The van der Waals surface area contributed by atoms with Crippen molar-refractivity contribution >= 4 is 10.0 Å². The molecule has 136 valence electrons. The highest BCUT2D eigenvalue weighted by atomic mass is 32.2. The fourth-order valence-corrected chi connectivity index (χ4v) is 4.47. The molecule has 1 N–H and O–H groups in total. The molecule has 2 rings (SSSR count). The number of sulfonamides is 1. The molecule has 0 unspecified atom stereocenters. The van der Waals surface area contributed by atoms with Crippen molar-refractivity contribution in [2.24, 2.45) is 11.8 Å². The van der Waals surface area contributed by atoms with E-state index in [1.807, 2.05) is 0 Å². The molecule has 2 atom stereocenters. The second-order valence-electron chi connectivity index (χ2n) is 6.75. The Kier molecular flexibility index (Phi) is 6.60. The Hall–Kier alpha value is -1.18. The molecule has 0 saturated carbocycles. The number of halogens is 1. The van der Waals surface area contributed by atoms with Gasteiger partial charge in [0.25, 0.3) is 0 Å². The number of nitrogens with one attached hydrogen (secondary N) is 1. The summed E-state index contributed by atoms with van der Waals surface area (Å²) >= 11 is 0. The predicted octanol–water partition coefficient (Wildman–Crippen LogP) is 2.48. The number of ether oxygens (including phenoxy) is 1. The summed E-state index contributed by atoms with van der Waals surface area (Å²) in [4.78, 5) is 2.31. The first-order chi connectivity index (χ1) is 11.3. The summed E-state index contributed by atoms with van der Waals surface area (Å²) in [5, 5.41) is 0. The zero-order valence-electron chi connectivity index (χ0n) is 14.6. The SMILES string of the molecule is COc1ccc(S(=O)(=O)NCCCN2C[C@H](C)C[C@H](C)C2)cc1F. The van der Waals surface area contributed by atoms with Gasteiger partial charge in [-0.05, 0) is 49.4 Å². The Morgan fingerprint density at radius 3 is 2.54 bits per heavy atom. The van der Waals surface area contributed by atoms with E-state index in [4.69, 9.17) is 4.74 Å². The van der Waals surface area contributed by atoms with Gasteiger partial charge in [0, 0.05) is 19.6 Å². The summed E-state index contributed by atoms with van der Waals surface area (Å²) in [6, 6.07) is 3.65. The van der Waals surface area contributed by atoms with Crippen LogP contribution >= 0.6 is 0 Å². The van der Waals surface area contributed by atoms with E-state index >= 15 is 0 Å². The van der Waals surface area contributed by atoms with E-state index in [-0.39, 0.29) is 10.6 Å². The van der Waals surface area contributed by atoms with E-state index in [0.717, 1.165) is 32.1 Å². The third kappa shape index (κ3) is 5.16. The van der Waals surface area contributed by atoms with Crippen molar-refractivity contribution in [1.82, 2.24) is 9.62 Å². The Labute approximate surface area is 144 Å². The Morgan fingerprint density at radius 2 is 1.96 bits per heavy atom. The average molecular weight is 358 g/mol. The topological polar surface area (TPSA) is 58.6 Å². The van der Waals surface area contributed by atoms with Gasteiger partial charge in [-0.15, -0.1) is 0 Å². The molecule has 0 bridgehead atoms. The van der Waals surface area contributed by atoms with Crippen LogP contribution in [0, 0.1) is 17.7 Å². The van der Waals surface area contributed by atoms with Crippen LogP contribution < -0.4 is 9.46 Å². The number of hydrogen-bond donors (Lipinski definition) is 1. The van der Waals surface area contributed by atoms with Gasteiger partial charge in [0.2, 0.25) is 10.0 Å². The molecular weight excluding hydrogens is 331 g/mol. The highest BCUT2D eigenvalue weighted by molar-refractivity contribution is 7.89. The maximum absolute atomic E-state index is 13.7. The molecule has 0 aliphatic carbocycles. The normalized spacial score (nSPS) is 22.5. The van der Waals surface area contributed by atoms with Gasteiger partial charge in [-0.2, -0.15) is 0 Å². The molecule has 1 aromatic rings. The van der Waals surface area contributed by atoms with Gasteiger partial charge in [0.05, 0.1) is 12.0 Å². The van der Waals surface area contributed by atoms with Crippen LogP contribution in [0.4, 0.5) is 4.39 Å². The van der Waals surface area contributed by atoms with Gasteiger partial charge < -0.3 is 9.64 Å². The van der Waals surface area contributed by atoms with E-state index in [9.17, 15) is 12.8 Å². The summed E-state index contributed by atoms with van der Waals surface area (Å²) in [7, 11) is -2.36. The number of methoxy groups -OCH3 is 1.